The van der Waals surface area contributed by atoms with Gasteiger partial charge < -0.3 is 14.8 Å². The van der Waals surface area contributed by atoms with Crippen molar-refractivity contribution in [1.29, 1.82) is 0 Å². The largest absolute Gasteiger partial charge is 0.381 e. The van der Waals surface area contributed by atoms with Crippen LogP contribution in [0.3, 0.4) is 0 Å². The first kappa shape index (κ1) is 18.9. The van der Waals surface area contributed by atoms with E-state index in [9.17, 15) is 0 Å². The highest BCUT2D eigenvalue weighted by Gasteiger charge is 1.95. The first-order valence-corrected chi connectivity index (χ1v) is 8.13. The van der Waals surface area contributed by atoms with Gasteiger partial charge in [0.2, 0.25) is 0 Å². The Labute approximate surface area is 121 Å². The van der Waals surface area contributed by atoms with Gasteiger partial charge in [0.1, 0.15) is 0 Å². The Morgan fingerprint density at radius 1 is 0.842 bits per heavy atom. The molecule has 118 valence electrons. The molecule has 3 heteroatoms. The van der Waals surface area contributed by atoms with Crippen molar-refractivity contribution in [2.75, 3.05) is 39.5 Å². The van der Waals surface area contributed by atoms with Crippen LogP contribution in [0.2, 0.25) is 0 Å². The Hall–Kier alpha value is -0.120. The Balaban J connectivity index is 0. The van der Waals surface area contributed by atoms with Crippen molar-refractivity contribution in [2.24, 2.45) is 5.92 Å². The standard InChI is InChI=1S/C16H35NO2.H2/c1-4-5-10-17-11-7-13-19-15-8-14-18-12-6-9-16(2)3;/h16-17H,4-15H2,1-3H3;1H. The Morgan fingerprint density at radius 3 is 2.05 bits per heavy atom. The lowest BCUT2D eigenvalue weighted by Gasteiger charge is -2.07. The Morgan fingerprint density at radius 2 is 1.42 bits per heavy atom. The number of hydrogen-bond donors (Lipinski definition) is 1. The maximum absolute atomic E-state index is 5.56. The second kappa shape index (κ2) is 15.9. The van der Waals surface area contributed by atoms with Gasteiger partial charge in [-0.25, -0.2) is 0 Å². The molecular weight excluding hydrogens is 238 g/mol. The summed E-state index contributed by atoms with van der Waals surface area (Å²) < 4.78 is 11.1. The van der Waals surface area contributed by atoms with Gasteiger partial charge in [-0.05, 0) is 51.1 Å². The summed E-state index contributed by atoms with van der Waals surface area (Å²) >= 11 is 0. The van der Waals surface area contributed by atoms with Gasteiger partial charge in [0.05, 0.1) is 0 Å². The van der Waals surface area contributed by atoms with E-state index in [0.717, 1.165) is 58.3 Å². The lowest BCUT2D eigenvalue weighted by Crippen LogP contribution is -2.18. The molecule has 0 aliphatic rings. The molecule has 0 saturated heterocycles. The average molecular weight is 275 g/mol. The molecule has 0 saturated carbocycles. The minimum atomic E-state index is 0. The van der Waals surface area contributed by atoms with E-state index in [4.69, 9.17) is 9.47 Å². The van der Waals surface area contributed by atoms with E-state index >= 15 is 0 Å². The second-order valence-electron chi connectivity index (χ2n) is 5.57. The first-order chi connectivity index (χ1) is 9.27. The Kier molecular flexibility index (Phi) is 15.8. The van der Waals surface area contributed by atoms with Crippen LogP contribution in [-0.4, -0.2) is 39.5 Å². The minimum absolute atomic E-state index is 0. The highest BCUT2D eigenvalue weighted by molar-refractivity contribution is 4.47. The van der Waals surface area contributed by atoms with Gasteiger partial charge >= 0.3 is 0 Å². The number of hydrogen-bond acceptors (Lipinski definition) is 3. The summed E-state index contributed by atoms with van der Waals surface area (Å²) in [4.78, 5) is 0. The maximum atomic E-state index is 5.56. The molecule has 0 heterocycles. The molecule has 19 heavy (non-hydrogen) atoms. The zero-order chi connectivity index (χ0) is 14.2. The molecule has 0 radical (unpaired) electrons. The molecule has 0 fully saturated rings. The molecule has 3 nitrogen and oxygen atoms in total. The predicted molar refractivity (Wildman–Crippen MR) is 84.8 cm³/mol. The van der Waals surface area contributed by atoms with Crippen LogP contribution in [-0.2, 0) is 9.47 Å². The van der Waals surface area contributed by atoms with Gasteiger partial charge in [-0.2, -0.15) is 0 Å². The zero-order valence-corrected chi connectivity index (χ0v) is 13.4. The van der Waals surface area contributed by atoms with E-state index in [-0.39, 0.29) is 1.43 Å². The van der Waals surface area contributed by atoms with Gasteiger partial charge in [-0.3, -0.25) is 0 Å². The molecule has 0 aromatic rings. The fraction of sp³-hybridized carbons (Fsp3) is 1.00. The number of rotatable bonds is 15. The van der Waals surface area contributed by atoms with Crippen LogP contribution in [0.4, 0.5) is 0 Å². The van der Waals surface area contributed by atoms with Crippen LogP contribution < -0.4 is 5.32 Å². The van der Waals surface area contributed by atoms with Crippen LogP contribution in [0.5, 0.6) is 0 Å². The van der Waals surface area contributed by atoms with Crippen LogP contribution in [0.25, 0.3) is 0 Å². The van der Waals surface area contributed by atoms with E-state index in [1.165, 1.54) is 25.7 Å². The average Bonchev–Trinajstić information content (AvgIpc) is 2.39. The summed E-state index contributed by atoms with van der Waals surface area (Å²) in [5.41, 5.74) is 0. The molecule has 0 aliphatic heterocycles. The topological polar surface area (TPSA) is 30.5 Å². The normalized spacial score (nSPS) is 11.4. The minimum Gasteiger partial charge on any atom is -0.381 e. The van der Waals surface area contributed by atoms with Crippen molar-refractivity contribution < 1.29 is 10.9 Å². The molecule has 0 spiro atoms. The quantitative estimate of drug-likeness (QED) is 0.460. The molecule has 0 bridgehead atoms. The zero-order valence-electron chi connectivity index (χ0n) is 13.4. The molecule has 0 rings (SSSR count). The summed E-state index contributed by atoms with van der Waals surface area (Å²) in [6.45, 7) is 12.4. The van der Waals surface area contributed by atoms with Gasteiger partial charge in [-0.1, -0.05) is 27.2 Å². The highest BCUT2D eigenvalue weighted by Crippen LogP contribution is 2.03. The monoisotopic (exact) mass is 275 g/mol. The van der Waals surface area contributed by atoms with E-state index in [1.54, 1.807) is 0 Å². The predicted octanol–water partition coefficient (Wildman–Crippen LogP) is 3.87. The van der Waals surface area contributed by atoms with Crippen molar-refractivity contribution in [2.45, 2.75) is 59.3 Å². The summed E-state index contributed by atoms with van der Waals surface area (Å²) in [5.74, 6) is 0.790. The fourth-order valence-corrected chi connectivity index (χ4v) is 1.79. The van der Waals surface area contributed by atoms with Crippen LogP contribution in [0, 0.1) is 5.92 Å². The van der Waals surface area contributed by atoms with Crippen molar-refractivity contribution in [3.63, 3.8) is 0 Å². The highest BCUT2D eigenvalue weighted by atomic mass is 16.5. The SMILES string of the molecule is CCCCNCCCOCCCOCCCC(C)C.[HH]. The lowest BCUT2D eigenvalue weighted by atomic mass is 10.1. The third-order valence-corrected chi connectivity index (χ3v) is 3.00. The van der Waals surface area contributed by atoms with Crippen molar-refractivity contribution in [3.8, 4) is 0 Å². The smallest absolute Gasteiger partial charge is 0.0487 e. The molecular formula is C16H37NO2. The van der Waals surface area contributed by atoms with E-state index in [0.29, 0.717) is 0 Å². The third kappa shape index (κ3) is 17.9. The van der Waals surface area contributed by atoms with Crippen molar-refractivity contribution in [3.05, 3.63) is 0 Å². The summed E-state index contributed by atoms with van der Waals surface area (Å²) in [7, 11) is 0. The summed E-state index contributed by atoms with van der Waals surface area (Å²) in [6.07, 6.45) is 7.11. The molecule has 1 N–H and O–H groups in total. The fourth-order valence-electron chi connectivity index (χ4n) is 1.79. The number of unbranched alkanes of at least 4 members (excludes halogenated alkanes) is 1. The van der Waals surface area contributed by atoms with Gasteiger partial charge in [0.25, 0.3) is 0 Å². The van der Waals surface area contributed by atoms with Crippen LogP contribution >= 0.6 is 0 Å². The van der Waals surface area contributed by atoms with E-state index in [1.807, 2.05) is 0 Å². The molecule has 0 amide bonds. The number of ether oxygens (including phenoxy) is 2. The van der Waals surface area contributed by atoms with Crippen LogP contribution in [0.15, 0.2) is 0 Å². The van der Waals surface area contributed by atoms with E-state index < -0.39 is 0 Å². The van der Waals surface area contributed by atoms with Gasteiger partial charge in [-0.15, -0.1) is 0 Å². The molecule has 0 aromatic carbocycles. The van der Waals surface area contributed by atoms with Gasteiger partial charge in [0.15, 0.2) is 0 Å². The maximum Gasteiger partial charge on any atom is 0.0487 e. The number of nitrogens with one attached hydrogen (secondary N) is 1. The van der Waals surface area contributed by atoms with E-state index in [2.05, 4.69) is 26.1 Å². The summed E-state index contributed by atoms with van der Waals surface area (Å²) in [6, 6.07) is 0. The first-order valence-electron chi connectivity index (χ1n) is 8.13. The van der Waals surface area contributed by atoms with Gasteiger partial charge in [0, 0.05) is 27.9 Å². The molecule has 0 aliphatic carbocycles. The summed E-state index contributed by atoms with van der Waals surface area (Å²) in [5, 5.41) is 3.42. The van der Waals surface area contributed by atoms with Crippen molar-refractivity contribution in [1.82, 2.24) is 5.32 Å². The lowest BCUT2D eigenvalue weighted by molar-refractivity contribution is 0.0794. The third-order valence-electron chi connectivity index (χ3n) is 3.00. The molecule has 0 aromatic heterocycles. The van der Waals surface area contributed by atoms with Crippen molar-refractivity contribution >= 4 is 0 Å². The molecule has 0 unspecified atom stereocenters. The van der Waals surface area contributed by atoms with Crippen LogP contribution in [0.1, 0.15) is 60.7 Å². The Bertz CT molecular complexity index is 169. The molecule has 0 atom stereocenters. The second-order valence-corrected chi connectivity index (χ2v) is 5.57.